The van der Waals surface area contributed by atoms with Gasteiger partial charge in [-0.05, 0) is 97.9 Å². The predicted octanol–water partition coefficient (Wildman–Crippen LogP) is 9.87. The Morgan fingerprint density at radius 2 is 1.36 bits per heavy atom. The molecule has 0 aromatic heterocycles. The summed E-state index contributed by atoms with van der Waals surface area (Å²) in [6.07, 6.45) is 9.20. The van der Waals surface area contributed by atoms with Crippen molar-refractivity contribution in [3.8, 4) is 22.3 Å². The lowest BCUT2D eigenvalue weighted by atomic mass is 9.77. The fraction of sp³-hybridized carbons (Fsp3) is 0.500. The van der Waals surface area contributed by atoms with Crippen molar-refractivity contribution in [3.63, 3.8) is 0 Å². The second kappa shape index (κ2) is 13.9. The Morgan fingerprint density at radius 3 is 1.93 bits per heavy atom. The Hall–Kier alpha value is -2.88. The minimum absolute atomic E-state index is 0.0257. The average molecular weight is 635 g/mol. The van der Waals surface area contributed by atoms with Crippen molar-refractivity contribution in [1.82, 2.24) is 0 Å². The minimum atomic E-state index is -1.74. The first kappa shape index (κ1) is 33.5. The Balaban J connectivity index is 1.16. The van der Waals surface area contributed by atoms with Crippen molar-refractivity contribution in [2.24, 2.45) is 17.3 Å². The molecule has 1 aliphatic carbocycles. The van der Waals surface area contributed by atoms with Gasteiger partial charge in [-0.15, -0.1) is 0 Å². The van der Waals surface area contributed by atoms with E-state index in [1.807, 2.05) is 0 Å². The van der Waals surface area contributed by atoms with Crippen molar-refractivity contribution < 1.29 is 40.9 Å². The standard InChI is InChI=1S/C36H40F6O3/c1-3-4-5-14-35(2)20-44-36(43,45-21-35)26-11-8-22(9-12-26)6-7-23-10-13-27(28(37)15-23)24-16-29(38)33(30(39)17-24)25-18-31(40)34(42)32(41)19-25/h10,13,15-19,22,26,43H,3-9,11-12,14,20-21H2,1-2H3. The Morgan fingerprint density at radius 1 is 0.756 bits per heavy atom. The number of aliphatic hydroxyl groups is 1. The second-order valence-corrected chi connectivity index (χ2v) is 13.1. The molecule has 1 N–H and O–H groups in total. The predicted molar refractivity (Wildman–Crippen MR) is 160 cm³/mol. The highest BCUT2D eigenvalue weighted by Crippen LogP contribution is 2.43. The molecule has 1 heterocycles. The molecule has 1 aliphatic heterocycles. The fourth-order valence-electron chi connectivity index (χ4n) is 6.66. The summed E-state index contributed by atoms with van der Waals surface area (Å²) in [5, 5.41) is 11.1. The fourth-order valence-corrected chi connectivity index (χ4v) is 6.66. The van der Waals surface area contributed by atoms with Crippen molar-refractivity contribution in [2.75, 3.05) is 13.2 Å². The molecule has 3 nitrogen and oxygen atoms in total. The van der Waals surface area contributed by atoms with Gasteiger partial charge in [0.2, 0.25) is 0 Å². The quantitative estimate of drug-likeness (QED) is 0.137. The average Bonchev–Trinajstić information content (AvgIpc) is 3.00. The molecule has 0 spiro atoms. The molecule has 5 rings (SSSR count). The van der Waals surface area contributed by atoms with E-state index < -0.39 is 52.0 Å². The summed E-state index contributed by atoms with van der Waals surface area (Å²) in [5.41, 5.74) is -0.689. The monoisotopic (exact) mass is 634 g/mol. The van der Waals surface area contributed by atoms with E-state index in [1.54, 1.807) is 6.07 Å². The van der Waals surface area contributed by atoms with Crippen LogP contribution in [-0.2, 0) is 15.9 Å². The molecule has 244 valence electrons. The zero-order chi connectivity index (χ0) is 32.4. The topological polar surface area (TPSA) is 38.7 Å². The molecule has 1 saturated carbocycles. The highest BCUT2D eigenvalue weighted by molar-refractivity contribution is 5.72. The van der Waals surface area contributed by atoms with Crippen LogP contribution in [-0.4, -0.2) is 24.3 Å². The number of rotatable bonds is 10. The van der Waals surface area contributed by atoms with Crippen LogP contribution in [0.25, 0.3) is 22.3 Å². The van der Waals surface area contributed by atoms with Crippen LogP contribution < -0.4 is 0 Å². The van der Waals surface area contributed by atoms with Gasteiger partial charge in [0.05, 0.1) is 18.8 Å². The highest BCUT2D eigenvalue weighted by atomic mass is 19.2. The molecule has 0 atom stereocenters. The van der Waals surface area contributed by atoms with Gasteiger partial charge in [0, 0.05) is 16.9 Å². The number of aryl methyl sites for hydroxylation is 1. The maximum absolute atomic E-state index is 15.1. The number of hydrogen-bond donors (Lipinski definition) is 1. The molecule has 1 saturated heterocycles. The summed E-state index contributed by atoms with van der Waals surface area (Å²) in [6, 6.07) is 7.29. The van der Waals surface area contributed by atoms with Gasteiger partial charge >= 0.3 is 0 Å². The molecule has 3 aromatic rings. The molecule has 2 aliphatic rings. The smallest absolute Gasteiger partial charge is 0.283 e. The van der Waals surface area contributed by atoms with Gasteiger partial charge in [0.25, 0.3) is 5.97 Å². The third kappa shape index (κ3) is 7.58. The lowest BCUT2D eigenvalue weighted by molar-refractivity contribution is -0.427. The van der Waals surface area contributed by atoms with Crippen LogP contribution in [0.1, 0.15) is 77.2 Å². The molecule has 0 amide bonds. The first-order valence-corrected chi connectivity index (χ1v) is 15.8. The van der Waals surface area contributed by atoms with Gasteiger partial charge in [-0.1, -0.05) is 45.2 Å². The summed E-state index contributed by atoms with van der Waals surface area (Å²) in [7, 11) is 0. The van der Waals surface area contributed by atoms with Gasteiger partial charge in [-0.3, -0.25) is 0 Å². The molecule has 9 heteroatoms. The zero-order valence-corrected chi connectivity index (χ0v) is 25.7. The summed E-state index contributed by atoms with van der Waals surface area (Å²) < 4.78 is 97.4. The summed E-state index contributed by atoms with van der Waals surface area (Å²) in [5.74, 6) is -9.12. The number of hydrogen-bond acceptors (Lipinski definition) is 3. The summed E-state index contributed by atoms with van der Waals surface area (Å²) in [4.78, 5) is 0. The summed E-state index contributed by atoms with van der Waals surface area (Å²) >= 11 is 0. The van der Waals surface area contributed by atoms with Crippen LogP contribution in [0.3, 0.4) is 0 Å². The van der Waals surface area contributed by atoms with E-state index in [0.29, 0.717) is 37.7 Å². The van der Waals surface area contributed by atoms with E-state index in [4.69, 9.17) is 9.47 Å². The van der Waals surface area contributed by atoms with E-state index in [0.717, 1.165) is 69.1 Å². The van der Waals surface area contributed by atoms with Crippen LogP contribution in [0.2, 0.25) is 0 Å². The van der Waals surface area contributed by atoms with E-state index in [2.05, 4.69) is 13.8 Å². The van der Waals surface area contributed by atoms with Crippen molar-refractivity contribution in [1.29, 1.82) is 0 Å². The van der Waals surface area contributed by atoms with Gasteiger partial charge in [-0.2, -0.15) is 0 Å². The van der Waals surface area contributed by atoms with Crippen molar-refractivity contribution >= 4 is 0 Å². The maximum Gasteiger partial charge on any atom is 0.283 e. The van der Waals surface area contributed by atoms with Gasteiger partial charge in [0.15, 0.2) is 17.5 Å². The number of halogens is 6. The first-order chi connectivity index (χ1) is 21.4. The molecule has 3 aromatic carbocycles. The van der Waals surface area contributed by atoms with E-state index in [-0.39, 0.29) is 22.5 Å². The molecule has 0 unspecified atom stereocenters. The Labute approximate surface area is 260 Å². The third-order valence-corrected chi connectivity index (χ3v) is 9.50. The Kier molecular flexibility index (Phi) is 10.3. The van der Waals surface area contributed by atoms with Gasteiger partial charge in [0.1, 0.15) is 17.5 Å². The van der Waals surface area contributed by atoms with Crippen LogP contribution in [0.5, 0.6) is 0 Å². The van der Waals surface area contributed by atoms with Gasteiger partial charge < -0.3 is 14.6 Å². The molecule has 0 radical (unpaired) electrons. The van der Waals surface area contributed by atoms with Crippen LogP contribution in [0, 0.1) is 52.2 Å². The molecular weight excluding hydrogens is 594 g/mol. The molecular formula is C36H40F6O3. The third-order valence-electron chi connectivity index (χ3n) is 9.50. The maximum atomic E-state index is 15.1. The highest BCUT2D eigenvalue weighted by Gasteiger charge is 2.47. The van der Waals surface area contributed by atoms with Gasteiger partial charge in [-0.25, -0.2) is 26.3 Å². The molecule has 45 heavy (non-hydrogen) atoms. The van der Waals surface area contributed by atoms with Crippen LogP contribution in [0.15, 0.2) is 42.5 Å². The van der Waals surface area contributed by atoms with Crippen LogP contribution in [0.4, 0.5) is 26.3 Å². The van der Waals surface area contributed by atoms with Crippen molar-refractivity contribution in [2.45, 2.75) is 84.0 Å². The SMILES string of the molecule is CCCCCC1(C)COC(O)(C2CCC(CCc3ccc(-c4cc(F)c(-c5cc(F)c(F)c(F)c5)c(F)c4)c(F)c3)CC2)OC1. The number of ether oxygens (including phenoxy) is 2. The Bertz CT molecular complexity index is 1450. The number of benzene rings is 3. The lowest BCUT2D eigenvalue weighted by Gasteiger charge is -2.46. The number of unbranched alkanes of at least 4 members (excludes halogenated alkanes) is 2. The van der Waals surface area contributed by atoms with E-state index in [1.165, 1.54) is 18.6 Å². The minimum Gasteiger partial charge on any atom is -0.343 e. The summed E-state index contributed by atoms with van der Waals surface area (Å²) in [6.45, 7) is 5.27. The second-order valence-electron chi connectivity index (χ2n) is 13.1. The first-order valence-electron chi connectivity index (χ1n) is 15.8. The van der Waals surface area contributed by atoms with Crippen LogP contribution >= 0.6 is 0 Å². The van der Waals surface area contributed by atoms with E-state index in [9.17, 15) is 27.1 Å². The molecule has 0 bridgehead atoms. The lowest BCUT2D eigenvalue weighted by Crippen LogP contribution is -2.53. The normalized spacial score (nSPS) is 25.4. The van der Waals surface area contributed by atoms with Crippen molar-refractivity contribution in [3.05, 3.63) is 82.9 Å². The largest absolute Gasteiger partial charge is 0.343 e. The molecule has 2 fully saturated rings. The zero-order valence-electron chi connectivity index (χ0n) is 25.7. The van der Waals surface area contributed by atoms with E-state index >= 15 is 4.39 Å².